The summed E-state index contributed by atoms with van der Waals surface area (Å²) in [5, 5.41) is 0. The van der Waals surface area contributed by atoms with Crippen LogP contribution in [-0.4, -0.2) is 36.7 Å². The van der Waals surface area contributed by atoms with E-state index in [0.717, 1.165) is 12.1 Å². The number of pyridine rings is 1. The van der Waals surface area contributed by atoms with Crippen molar-refractivity contribution in [2.75, 3.05) is 13.8 Å². The van der Waals surface area contributed by atoms with E-state index in [1.165, 1.54) is 19.4 Å². The highest BCUT2D eigenvalue weighted by molar-refractivity contribution is 5.95. The minimum absolute atomic E-state index is 0.0747. The molecule has 1 aromatic heterocycles. The van der Waals surface area contributed by atoms with Crippen LogP contribution in [0.2, 0.25) is 0 Å². The monoisotopic (exact) mass is 405 g/mol. The summed E-state index contributed by atoms with van der Waals surface area (Å²) < 4.78 is 54.3. The van der Waals surface area contributed by atoms with E-state index in [0.29, 0.717) is 12.2 Å². The van der Waals surface area contributed by atoms with Gasteiger partial charge in [-0.2, -0.15) is 0 Å². The number of methoxy groups -OCH3 is 1. The van der Waals surface area contributed by atoms with Gasteiger partial charge in [0.1, 0.15) is 41.4 Å². The Hall–Kier alpha value is -3.10. The third-order valence-corrected chi connectivity index (χ3v) is 5.34. The lowest BCUT2D eigenvalue weighted by atomic mass is 9.83. The predicted molar refractivity (Wildman–Crippen MR) is 97.4 cm³/mol. The lowest BCUT2D eigenvalue weighted by Gasteiger charge is -2.32. The molecule has 0 spiro atoms. The Morgan fingerprint density at radius 1 is 1.34 bits per heavy atom. The van der Waals surface area contributed by atoms with E-state index in [2.05, 4.69) is 9.98 Å². The first-order chi connectivity index (χ1) is 13.9. The Bertz CT molecular complexity index is 996. The van der Waals surface area contributed by atoms with Crippen LogP contribution in [0.4, 0.5) is 13.2 Å². The zero-order chi connectivity index (χ0) is 20.8. The Kier molecular flexibility index (Phi) is 4.68. The molecular weight excluding hydrogens is 387 g/mol. The normalized spacial score (nSPS) is 24.9. The van der Waals surface area contributed by atoms with Gasteiger partial charge in [0.25, 0.3) is 6.02 Å². The van der Waals surface area contributed by atoms with E-state index in [1.807, 2.05) is 0 Å². The molecule has 2 N–H and O–H groups in total. The third kappa shape index (κ3) is 3.20. The molecule has 29 heavy (non-hydrogen) atoms. The number of carbonyl (C=O) groups is 1. The lowest BCUT2D eigenvalue weighted by molar-refractivity contribution is 0.0986. The maximum atomic E-state index is 15.3. The van der Waals surface area contributed by atoms with Crippen molar-refractivity contribution in [3.8, 4) is 5.75 Å². The van der Waals surface area contributed by atoms with E-state index in [1.54, 1.807) is 6.07 Å². The fourth-order valence-electron chi connectivity index (χ4n) is 3.76. The van der Waals surface area contributed by atoms with Crippen LogP contribution in [-0.2, 0) is 16.7 Å². The minimum atomic E-state index is -1.79. The molecule has 2 aromatic rings. The highest BCUT2D eigenvalue weighted by Crippen LogP contribution is 2.54. The number of ether oxygens (including phenoxy) is 2. The maximum absolute atomic E-state index is 15.3. The lowest BCUT2D eigenvalue weighted by Crippen LogP contribution is -2.40. The van der Waals surface area contributed by atoms with Crippen LogP contribution in [0, 0.1) is 17.6 Å². The molecule has 2 heterocycles. The van der Waals surface area contributed by atoms with Crippen molar-refractivity contribution in [1.29, 1.82) is 0 Å². The van der Waals surface area contributed by atoms with Gasteiger partial charge in [0.05, 0.1) is 18.9 Å². The topological polar surface area (TPSA) is 86.8 Å². The van der Waals surface area contributed by atoms with Crippen LogP contribution >= 0.6 is 0 Å². The van der Waals surface area contributed by atoms with Gasteiger partial charge in [-0.3, -0.25) is 4.79 Å². The molecule has 1 aromatic carbocycles. The van der Waals surface area contributed by atoms with Crippen LogP contribution < -0.4 is 10.5 Å². The van der Waals surface area contributed by atoms with Crippen LogP contribution in [0.1, 0.15) is 28.0 Å². The second-order valence-corrected chi connectivity index (χ2v) is 7.09. The number of aromatic nitrogens is 1. The minimum Gasteiger partial charge on any atom is -0.495 e. The number of nitrogens with two attached hydrogens (primary N) is 1. The van der Waals surface area contributed by atoms with Gasteiger partial charge in [-0.05, 0) is 30.2 Å². The van der Waals surface area contributed by atoms with Crippen LogP contribution in [0.5, 0.6) is 5.75 Å². The molecule has 1 aliphatic carbocycles. The summed E-state index contributed by atoms with van der Waals surface area (Å²) in [4.78, 5) is 20.4. The number of halogens is 3. The quantitative estimate of drug-likeness (QED) is 0.747. The number of amidine groups is 1. The molecule has 152 valence electrons. The van der Waals surface area contributed by atoms with Gasteiger partial charge < -0.3 is 15.2 Å². The Balaban J connectivity index is 1.70. The first-order valence-electron chi connectivity index (χ1n) is 8.98. The fraction of sp³-hybridized carbons (Fsp3) is 0.350. The van der Waals surface area contributed by atoms with E-state index >= 15 is 4.39 Å². The zero-order valence-corrected chi connectivity index (χ0v) is 15.5. The van der Waals surface area contributed by atoms with Crippen molar-refractivity contribution >= 4 is 11.8 Å². The Labute approximate surface area is 164 Å². The standard InChI is InChI=1S/C20H18F3N3O3/c1-28-11-3-5-14(25-8-11)15(27)6-10-2-4-13(22)17(18(10)23)20(9-21)12-7-16(12)29-19(24)26-20/h2-5,8,12,16H,6-7,9H2,1H3,(H2,24,26)/t12-,16+,20-/m0/s1. The summed E-state index contributed by atoms with van der Waals surface area (Å²) in [6.07, 6.45) is 0.969. The molecule has 0 bridgehead atoms. The van der Waals surface area contributed by atoms with Crippen molar-refractivity contribution in [3.63, 3.8) is 0 Å². The Morgan fingerprint density at radius 3 is 2.79 bits per heavy atom. The average Bonchev–Trinajstić information content (AvgIpc) is 3.50. The van der Waals surface area contributed by atoms with Gasteiger partial charge in [-0.15, -0.1) is 0 Å². The smallest absolute Gasteiger partial charge is 0.283 e. The van der Waals surface area contributed by atoms with Crippen molar-refractivity contribution < 1.29 is 27.4 Å². The molecule has 6 nitrogen and oxygen atoms in total. The number of nitrogens with zero attached hydrogens (tertiary/aromatic N) is 2. The number of Topliss-reactive ketones (excluding diaryl/α,β-unsaturated/α-hetero) is 1. The Morgan fingerprint density at radius 2 is 2.14 bits per heavy atom. The molecule has 0 saturated heterocycles. The first-order valence-corrected chi connectivity index (χ1v) is 8.98. The number of ketones is 1. The second-order valence-electron chi connectivity index (χ2n) is 7.09. The maximum Gasteiger partial charge on any atom is 0.283 e. The number of hydrogen-bond donors (Lipinski definition) is 1. The van der Waals surface area contributed by atoms with Crippen LogP contribution in [0.25, 0.3) is 0 Å². The largest absolute Gasteiger partial charge is 0.495 e. The van der Waals surface area contributed by atoms with Gasteiger partial charge >= 0.3 is 0 Å². The fourth-order valence-corrected chi connectivity index (χ4v) is 3.76. The molecule has 3 atom stereocenters. The second kappa shape index (κ2) is 7.06. The number of fused-ring (bicyclic) bond motifs is 1. The van der Waals surface area contributed by atoms with Gasteiger partial charge in [-0.1, -0.05) is 6.07 Å². The van der Waals surface area contributed by atoms with Gasteiger partial charge in [0.15, 0.2) is 5.78 Å². The van der Waals surface area contributed by atoms with E-state index < -0.39 is 47.2 Å². The van der Waals surface area contributed by atoms with E-state index in [4.69, 9.17) is 15.2 Å². The van der Waals surface area contributed by atoms with Crippen molar-refractivity contribution in [1.82, 2.24) is 4.98 Å². The summed E-state index contributed by atoms with van der Waals surface area (Å²) in [6.45, 7) is -1.14. The SMILES string of the molecule is COc1ccc(C(=O)Cc2ccc(F)c([C@@]3(CF)N=C(N)O[C@@H]4C[C@@H]43)c2F)nc1. The summed E-state index contributed by atoms with van der Waals surface area (Å²) in [7, 11) is 1.46. The van der Waals surface area contributed by atoms with Crippen LogP contribution in [0.15, 0.2) is 35.5 Å². The van der Waals surface area contributed by atoms with E-state index in [9.17, 15) is 13.6 Å². The summed E-state index contributed by atoms with van der Waals surface area (Å²) in [5.41, 5.74) is 3.32. The molecule has 1 saturated carbocycles. The van der Waals surface area contributed by atoms with Crippen LogP contribution in [0.3, 0.4) is 0 Å². The highest BCUT2D eigenvalue weighted by Gasteiger charge is 2.61. The van der Waals surface area contributed by atoms with Crippen molar-refractivity contribution in [2.45, 2.75) is 24.5 Å². The molecule has 1 fully saturated rings. The molecule has 2 aliphatic rings. The summed E-state index contributed by atoms with van der Waals surface area (Å²) in [6, 6.07) is 4.88. The molecule has 0 radical (unpaired) electrons. The molecule has 9 heteroatoms. The summed E-state index contributed by atoms with van der Waals surface area (Å²) in [5.74, 6) is -2.47. The number of alkyl halides is 1. The predicted octanol–water partition coefficient (Wildman–Crippen LogP) is 2.69. The molecular formula is C20H18F3N3O3. The van der Waals surface area contributed by atoms with Crippen molar-refractivity contribution in [2.24, 2.45) is 16.6 Å². The number of carbonyl (C=O) groups excluding carboxylic acids is 1. The average molecular weight is 405 g/mol. The number of aliphatic imine (C=N–C) groups is 1. The molecule has 4 rings (SSSR count). The van der Waals surface area contributed by atoms with Crippen molar-refractivity contribution in [3.05, 3.63) is 58.9 Å². The molecule has 0 amide bonds. The number of benzene rings is 1. The number of hydrogen-bond acceptors (Lipinski definition) is 6. The number of rotatable bonds is 6. The zero-order valence-electron chi connectivity index (χ0n) is 15.5. The first kappa shape index (κ1) is 19.2. The summed E-state index contributed by atoms with van der Waals surface area (Å²) >= 11 is 0. The molecule has 0 unspecified atom stereocenters. The van der Waals surface area contributed by atoms with Gasteiger partial charge in [0.2, 0.25) is 0 Å². The molecule has 1 aliphatic heterocycles. The highest BCUT2D eigenvalue weighted by atomic mass is 19.1. The third-order valence-electron chi connectivity index (χ3n) is 5.34. The van der Waals surface area contributed by atoms with Gasteiger partial charge in [-0.25, -0.2) is 23.1 Å². The van der Waals surface area contributed by atoms with E-state index in [-0.39, 0.29) is 23.7 Å². The van der Waals surface area contributed by atoms with Gasteiger partial charge in [0, 0.05) is 12.3 Å².